The Morgan fingerprint density at radius 3 is 2.45 bits per heavy atom. The number of unbranched alkanes of at least 4 members (excludes halogenated alkanes) is 1. The molecule has 0 aliphatic rings. The average molecular weight is 310 g/mol. The highest BCUT2D eigenvalue weighted by Crippen LogP contribution is 1.93. The average Bonchev–Trinajstić information content (AvgIpc) is 2.41. The molecule has 0 amide bonds. The third-order valence-electron chi connectivity index (χ3n) is 2.66. The molecule has 0 aromatic heterocycles. The first-order valence-electron chi connectivity index (χ1n) is 7.37. The fourth-order valence-electron chi connectivity index (χ4n) is 1.56. The second kappa shape index (κ2) is 13.8. The molecule has 0 aliphatic carbocycles. The zero-order valence-corrected chi connectivity index (χ0v) is 13.6. The number of sulfonamides is 1. The molecule has 0 saturated carbocycles. The van der Waals surface area contributed by atoms with Crippen LogP contribution in [0, 0.1) is 0 Å². The van der Waals surface area contributed by atoms with Crippen molar-refractivity contribution in [3.63, 3.8) is 0 Å². The van der Waals surface area contributed by atoms with Crippen LogP contribution in [0.3, 0.4) is 0 Å². The Morgan fingerprint density at radius 1 is 0.950 bits per heavy atom. The summed E-state index contributed by atoms with van der Waals surface area (Å²) in [6.07, 6.45) is 3.36. The zero-order chi connectivity index (χ0) is 15.1. The van der Waals surface area contributed by atoms with Gasteiger partial charge in [0.15, 0.2) is 0 Å². The minimum Gasteiger partial charge on any atom is -0.382 e. The number of hydrogen-bond donors (Lipinski definition) is 2. The fraction of sp³-hybridized carbons (Fsp3) is 1.00. The van der Waals surface area contributed by atoms with E-state index in [-0.39, 0.29) is 5.75 Å². The lowest BCUT2D eigenvalue weighted by Crippen LogP contribution is -2.29. The molecule has 0 rings (SSSR count). The summed E-state index contributed by atoms with van der Waals surface area (Å²) >= 11 is 0. The molecule has 122 valence electrons. The van der Waals surface area contributed by atoms with E-state index in [9.17, 15) is 8.42 Å². The summed E-state index contributed by atoms with van der Waals surface area (Å²) in [5, 5.41) is 3.19. The van der Waals surface area contributed by atoms with E-state index in [1.807, 2.05) is 0 Å². The molecule has 0 aliphatic heterocycles. The molecular weight excluding hydrogens is 280 g/mol. The van der Waals surface area contributed by atoms with Crippen molar-refractivity contribution < 1.29 is 17.9 Å². The number of ether oxygens (including phenoxy) is 2. The maximum atomic E-state index is 11.7. The van der Waals surface area contributed by atoms with E-state index in [1.54, 1.807) is 7.11 Å². The van der Waals surface area contributed by atoms with Crippen molar-refractivity contribution in [2.24, 2.45) is 0 Å². The molecule has 0 atom stereocenters. The maximum Gasteiger partial charge on any atom is 0.211 e. The summed E-state index contributed by atoms with van der Waals surface area (Å²) in [5.74, 6) is 0.189. The maximum absolute atomic E-state index is 11.7. The van der Waals surface area contributed by atoms with Crippen molar-refractivity contribution >= 4 is 10.0 Å². The van der Waals surface area contributed by atoms with Gasteiger partial charge in [-0.25, -0.2) is 13.1 Å². The highest BCUT2D eigenvalue weighted by Gasteiger charge is 2.08. The van der Waals surface area contributed by atoms with Crippen LogP contribution in [0.4, 0.5) is 0 Å². The van der Waals surface area contributed by atoms with Crippen molar-refractivity contribution in [2.75, 3.05) is 52.3 Å². The van der Waals surface area contributed by atoms with Gasteiger partial charge in [-0.05, 0) is 38.8 Å². The first-order valence-corrected chi connectivity index (χ1v) is 9.02. The van der Waals surface area contributed by atoms with Gasteiger partial charge in [-0.2, -0.15) is 0 Å². The first-order chi connectivity index (χ1) is 9.62. The van der Waals surface area contributed by atoms with Crippen LogP contribution in [-0.2, 0) is 19.5 Å². The highest BCUT2D eigenvalue weighted by atomic mass is 32.2. The number of rotatable bonds is 15. The van der Waals surface area contributed by atoms with Crippen LogP contribution in [0.15, 0.2) is 0 Å². The van der Waals surface area contributed by atoms with Crippen molar-refractivity contribution in [1.82, 2.24) is 10.0 Å². The summed E-state index contributed by atoms with van der Waals surface area (Å²) < 4.78 is 36.1. The van der Waals surface area contributed by atoms with Gasteiger partial charge in [-0.3, -0.25) is 0 Å². The van der Waals surface area contributed by atoms with Gasteiger partial charge >= 0.3 is 0 Å². The largest absolute Gasteiger partial charge is 0.382 e. The van der Waals surface area contributed by atoms with E-state index in [2.05, 4.69) is 17.0 Å². The van der Waals surface area contributed by atoms with E-state index in [1.165, 1.54) is 0 Å². The first kappa shape index (κ1) is 19.8. The van der Waals surface area contributed by atoms with Crippen molar-refractivity contribution in [1.29, 1.82) is 0 Å². The Balaban J connectivity index is 3.39. The van der Waals surface area contributed by atoms with Gasteiger partial charge in [-0.15, -0.1) is 0 Å². The molecule has 0 spiro atoms. The van der Waals surface area contributed by atoms with Crippen LogP contribution in [0.2, 0.25) is 0 Å². The van der Waals surface area contributed by atoms with E-state index >= 15 is 0 Å². The highest BCUT2D eigenvalue weighted by molar-refractivity contribution is 7.89. The predicted octanol–water partition coefficient (Wildman–Crippen LogP) is 0.739. The van der Waals surface area contributed by atoms with Crippen LogP contribution in [-0.4, -0.2) is 60.7 Å². The topological polar surface area (TPSA) is 76.7 Å². The minimum absolute atomic E-state index is 0.189. The molecule has 0 aromatic rings. The van der Waals surface area contributed by atoms with Gasteiger partial charge in [0.1, 0.15) is 0 Å². The molecule has 2 N–H and O–H groups in total. The molecule has 0 aromatic carbocycles. The zero-order valence-electron chi connectivity index (χ0n) is 12.8. The van der Waals surface area contributed by atoms with Crippen LogP contribution in [0.5, 0.6) is 0 Å². The van der Waals surface area contributed by atoms with Crippen LogP contribution < -0.4 is 10.0 Å². The fourth-order valence-corrected chi connectivity index (χ4v) is 2.69. The van der Waals surface area contributed by atoms with Gasteiger partial charge in [-0.1, -0.05) is 6.92 Å². The van der Waals surface area contributed by atoms with Gasteiger partial charge in [0.05, 0.1) is 19.0 Å². The van der Waals surface area contributed by atoms with Gasteiger partial charge in [0, 0.05) is 20.3 Å². The van der Waals surface area contributed by atoms with Gasteiger partial charge < -0.3 is 14.8 Å². The van der Waals surface area contributed by atoms with E-state index < -0.39 is 10.0 Å². The Bertz CT molecular complexity index is 297. The number of methoxy groups -OCH3 is 1. The summed E-state index contributed by atoms with van der Waals surface area (Å²) in [4.78, 5) is 0. The SMILES string of the molecule is CCCNCCCS(=O)(=O)NCCCCOCCOC. The summed E-state index contributed by atoms with van der Waals surface area (Å²) in [5.41, 5.74) is 0. The standard InChI is InChI=1S/C13H30N2O4S/c1-3-7-14-8-6-13-20(16,17)15-9-4-5-10-19-12-11-18-2/h14-15H,3-13H2,1-2H3. The lowest BCUT2D eigenvalue weighted by atomic mass is 10.3. The van der Waals surface area contributed by atoms with E-state index in [4.69, 9.17) is 9.47 Å². The molecule has 0 radical (unpaired) electrons. The van der Waals surface area contributed by atoms with Crippen molar-refractivity contribution in [3.05, 3.63) is 0 Å². The molecule has 6 nitrogen and oxygen atoms in total. The van der Waals surface area contributed by atoms with Crippen LogP contribution in [0.1, 0.15) is 32.6 Å². The van der Waals surface area contributed by atoms with Crippen LogP contribution >= 0.6 is 0 Å². The summed E-state index contributed by atoms with van der Waals surface area (Å²) in [6.45, 7) is 6.10. The molecule has 0 heterocycles. The molecule has 0 bridgehead atoms. The third-order valence-corrected chi connectivity index (χ3v) is 4.13. The normalized spacial score (nSPS) is 11.9. The second-order valence-corrected chi connectivity index (χ2v) is 6.56. The molecule has 20 heavy (non-hydrogen) atoms. The van der Waals surface area contributed by atoms with E-state index in [0.717, 1.165) is 32.4 Å². The Hall–Kier alpha value is -0.210. The second-order valence-electron chi connectivity index (χ2n) is 4.63. The molecule has 0 saturated heterocycles. The van der Waals surface area contributed by atoms with Crippen molar-refractivity contribution in [3.8, 4) is 0 Å². The Kier molecular flexibility index (Phi) is 13.6. The quantitative estimate of drug-likeness (QED) is 0.436. The Labute approximate surface area is 123 Å². The Morgan fingerprint density at radius 2 is 1.75 bits per heavy atom. The molecule has 0 unspecified atom stereocenters. The monoisotopic (exact) mass is 310 g/mol. The number of nitrogens with one attached hydrogen (secondary N) is 2. The molecular formula is C13H30N2O4S. The predicted molar refractivity (Wildman–Crippen MR) is 81.5 cm³/mol. The third kappa shape index (κ3) is 14.2. The molecule has 0 fully saturated rings. The summed E-state index contributed by atoms with van der Waals surface area (Å²) in [6, 6.07) is 0. The van der Waals surface area contributed by atoms with Crippen LogP contribution in [0.25, 0.3) is 0 Å². The lowest BCUT2D eigenvalue weighted by molar-refractivity contribution is 0.0689. The smallest absolute Gasteiger partial charge is 0.211 e. The molecule has 7 heteroatoms. The van der Waals surface area contributed by atoms with Crippen molar-refractivity contribution in [2.45, 2.75) is 32.6 Å². The van der Waals surface area contributed by atoms with Gasteiger partial charge in [0.2, 0.25) is 10.0 Å². The summed E-state index contributed by atoms with van der Waals surface area (Å²) in [7, 11) is -1.49. The van der Waals surface area contributed by atoms with E-state index in [0.29, 0.717) is 32.8 Å². The number of hydrogen-bond acceptors (Lipinski definition) is 5. The minimum atomic E-state index is -3.12. The lowest BCUT2D eigenvalue weighted by Gasteiger charge is -2.07. The van der Waals surface area contributed by atoms with Gasteiger partial charge in [0.25, 0.3) is 0 Å².